The third-order valence-electron chi connectivity index (χ3n) is 1.68. The lowest BCUT2D eigenvalue weighted by molar-refractivity contribution is -0.157. The minimum Gasteiger partial charge on any atom is -0.481 e. The van der Waals surface area contributed by atoms with Gasteiger partial charge < -0.3 is 5.11 Å². The fraction of sp³-hybridized carbons (Fsp3) is 0.375. The van der Waals surface area contributed by atoms with Gasteiger partial charge in [-0.2, -0.15) is 24.5 Å². The summed E-state index contributed by atoms with van der Waals surface area (Å²) in [6.07, 6.45) is -5.77. The molecule has 0 fully saturated rings. The molecule has 6 heteroatoms. The third-order valence-corrected chi connectivity index (χ3v) is 2.38. The number of rotatable bonds is 3. The Morgan fingerprint density at radius 2 is 2.21 bits per heavy atom. The van der Waals surface area contributed by atoms with Gasteiger partial charge in [0.1, 0.15) is 0 Å². The van der Waals surface area contributed by atoms with E-state index in [1.807, 2.05) is 0 Å². The molecule has 1 N–H and O–H groups in total. The fourth-order valence-corrected chi connectivity index (χ4v) is 1.77. The quantitative estimate of drug-likeness (QED) is 0.857. The van der Waals surface area contributed by atoms with Crippen molar-refractivity contribution in [3.63, 3.8) is 0 Å². The highest BCUT2D eigenvalue weighted by Crippen LogP contribution is 2.32. The molecule has 0 saturated heterocycles. The maximum absolute atomic E-state index is 12.0. The molecule has 1 atom stereocenters. The molecule has 1 rings (SSSR count). The van der Waals surface area contributed by atoms with Crippen LogP contribution in [0.2, 0.25) is 0 Å². The zero-order chi connectivity index (χ0) is 10.8. The van der Waals surface area contributed by atoms with Crippen molar-refractivity contribution in [2.24, 2.45) is 0 Å². The first-order chi connectivity index (χ1) is 6.40. The number of thiophene rings is 1. The standard InChI is InChI=1S/C8H7F3O2S/c9-8(10,11)3-6(7(12)13)5-1-2-14-4-5/h1-2,4,6H,3H2,(H,12,13)/t6-/m0/s1. The summed E-state index contributed by atoms with van der Waals surface area (Å²) in [6, 6.07) is 1.40. The summed E-state index contributed by atoms with van der Waals surface area (Å²) in [6.45, 7) is 0. The fourth-order valence-electron chi connectivity index (χ4n) is 1.05. The van der Waals surface area contributed by atoms with Crippen LogP contribution in [-0.4, -0.2) is 17.3 Å². The van der Waals surface area contributed by atoms with Crippen molar-refractivity contribution in [3.05, 3.63) is 22.4 Å². The van der Waals surface area contributed by atoms with Gasteiger partial charge in [-0.05, 0) is 22.4 Å². The maximum atomic E-state index is 12.0. The highest BCUT2D eigenvalue weighted by Gasteiger charge is 2.36. The SMILES string of the molecule is O=C(O)[C@@H](CC(F)(F)F)c1ccsc1. The van der Waals surface area contributed by atoms with Crippen molar-refractivity contribution in [2.75, 3.05) is 0 Å². The van der Waals surface area contributed by atoms with Crippen LogP contribution in [0.5, 0.6) is 0 Å². The van der Waals surface area contributed by atoms with Crippen LogP contribution in [0.1, 0.15) is 17.9 Å². The summed E-state index contributed by atoms with van der Waals surface area (Å²) >= 11 is 1.18. The van der Waals surface area contributed by atoms with Crippen LogP contribution < -0.4 is 0 Å². The van der Waals surface area contributed by atoms with E-state index in [2.05, 4.69) is 0 Å². The molecule has 14 heavy (non-hydrogen) atoms. The number of alkyl halides is 3. The summed E-state index contributed by atoms with van der Waals surface area (Å²) in [5, 5.41) is 11.6. The molecular formula is C8H7F3O2S. The average molecular weight is 224 g/mol. The number of halogens is 3. The van der Waals surface area contributed by atoms with Crippen molar-refractivity contribution in [3.8, 4) is 0 Å². The summed E-state index contributed by atoms with van der Waals surface area (Å²) in [5.74, 6) is -2.93. The molecule has 2 nitrogen and oxygen atoms in total. The van der Waals surface area contributed by atoms with Crippen LogP contribution in [0, 0.1) is 0 Å². The van der Waals surface area contributed by atoms with E-state index >= 15 is 0 Å². The van der Waals surface area contributed by atoms with Gasteiger partial charge in [0.25, 0.3) is 0 Å². The Morgan fingerprint density at radius 3 is 2.57 bits per heavy atom. The van der Waals surface area contributed by atoms with Gasteiger partial charge in [-0.15, -0.1) is 0 Å². The van der Waals surface area contributed by atoms with E-state index in [-0.39, 0.29) is 5.56 Å². The minimum absolute atomic E-state index is 0.208. The van der Waals surface area contributed by atoms with E-state index in [4.69, 9.17) is 5.11 Å². The molecule has 0 aliphatic rings. The second-order valence-corrected chi connectivity index (χ2v) is 3.55. The van der Waals surface area contributed by atoms with Crippen LogP contribution in [0.3, 0.4) is 0 Å². The molecule has 0 aromatic carbocycles. The second-order valence-electron chi connectivity index (χ2n) is 2.77. The predicted octanol–water partition coefficient (Wildman–Crippen LogP) is 2.87. The number of hydrogen-bond donors (Lipinski definition) is 1. The average Bonchev–Trinajstić information content (AvgIpc) is 2.49. The molecular weight excluding hydrogens is 217 g/mol. The monoisotopic (exact) mass is 224 g/mol. The van der Waals surface area contributed by atoms with Crippen LogP contribution in [0.15, 0.2) is 16.8 Å². The lowest BCUT2D eigenvalue weighted by Gasteiger charge is -2.12. The molecule has 78 valence electrons. The lowest BCUT2D eigenvalue weighted by atomic mass is 9.99. The largest absolute Gasteiger partial charge is 0.481 e. The van der Waals surface area contributed by atoms with Crippen LogP contribution in [0.25, 0.3) is 0 Å². The number of carbonyl (C=O) groups is 1. The molecule has 0 saturated carbocycles. The van der Waals surface area contributed by atoms with Crippen molar-refractivity contribution in [1.82, 2.24) is 0 Å². The zero-order valence-corrected chi connectivity index (χ0v) is 7.73. The van der Waals surface area contributed by atoms with Crippen molar-refractivity contribution in [2.45, 2.75) is 18.5 Å². The van der Waals surface area contributed by atoms with E-state index in [1.165, 1.54) is 22.8 Å². The molecule has 1 heterocycles. The van der Waals surface area contributed by atoms with Gasteiger partial charge in [-0.3, -0.25) is 4.79 Å². The molecule has 1 aromatic heterocycles. The number of carboxylic acid groups (broad SMARTS) is 1. The van der Waals surface area contributed by atoms with Gasteiger partial charge in [0, 0.05) is 0 Å². The molecule has 0 aliphatic heterocycles. The van der Waals surface area contributed by atoms with Crippen molar-refractivity contribution in [1.29, 1.82) is 0 Å². The van der Waals surface area contributed by atoms with Crippen LogP contribution in [-0.2, 0) is 4.79 Å². The summed E-state index contributed by atoms with van der Waals surface area (Å²) in [7, 11) is 0. The Hall–Kier alpha value is -1.04. The molecule has 0 bridgehead atoms. The van der Waals surface area contributed by atoms with Gasteiger partial charge in [-0.25, -0.2) is 0 Å². The highest BCUT2D eigenvalue weighted by atomic mass is 32.1. The molecule has 0 spiro atoms. The molecule has 0 amide bonds. The Bertz CT molecular complexity index is 305. The van der Waals surface area contributed by atoms with Gasteiger partial charge in [0.05, 0.1) is 12.3 Å². The first-order valence-electron chi connectivity index (χ1n) is 3.72. The smallest absolute Gasteiger partial charge is 0.390 e. The predicted molar refractivity (Wildman–Crippen MR) is 45.4 cm³/mol. The topological polar surface area (TPSA) is 37.3 Å². The maximum Gasteiger partial charge on any atom is 0.390 e. The van der Waals surface area contributed by atoms with Gasteiger partial charge in [0.15, 0.2) is 0 Å². The number of aliphatic carboxylic acids is 1. The third kappa shape index (κ3) is 3.02. The number of hydrogen-bond acceptors (Lipinski definition) is 2. The van der Waals surface area contributed by atoms with E-state index in [0.717, 1.165) is 0 Å². The van der Waals surface area contributed by atoms with Gasteiger partial charge >= 0.3 is 12.1 Å². The zero-order valence-electron chi connectivity index (χ0n) is 6.91. The van der Waals surface area contributed by atoms with E-state index in [9.17, 15) is 18.0 Å². The van der Waals surface area contributed by atoms with Crippen LogP contribution >= 0.6 is 11.3 Å². The second kappa shape index (κ2) is 4.00. The van der Waals surface area contributed by atoms with E-state index in [0.29, 0.717) is 0 Å². The minimum atomic E-state index is -4.45. The van der Waals surface area contributed by atoms with Gasteiger partial charge in [0.2, 0.25) is 0 Å². The molecule has 1 aromatic rings. The molecule has 0 unspecified atom stereocenters. The number of carboxylic acids is 1. The summed E-state index contributed by atoms with van der Waals surface area (Å²) in [4.78, 5) is 10.6. The first kappa shape index (κ1) is 11.0. The van der Waals surface area contributed by atoms with E-state index < -0.39 is 24.5 Å². The summed E-state index contributed by atoms with van der Waals surface area (Å²) in [5.41, 5.74) is 0.208. The van der Waals surface area contributed by atoms with Crippen molar-refractivity contribution < 1.29 is 23.1 Å². The van der Waals surface area contributed by atoms with Crippen molar-refractivity contribution >= 4 is 17.3 Å². The Balaban J connectivity index is 2.82. The molecule has 0 radical (unpaired) electrons. The first-order valence-corrected chi connectivity index (χ1v) is 4.66. The summed E-state index contributed by atoms with van der Waals surface area (Å²) < 4.78 is 36.0. The van der Waals surface area contributed by atoms with Gasteiger partial charge in [-0.1, -0.05) is 0 Å². The van der Waals surface area contributed by atoms with E-state index in [1.54, 1.807) is 5.38 Å². The highest BCUT2D eigenvalue weighted by molar-refractivity contribution is 7.08. The lowest BCUT2D eigenvalue weighted by Crippen LogP contribution is -2.20. The molecule has 0 aliphatic carbocycles. The normalized spacial score (nSPS) is 13.9. The Kier molecular flexibility index (Phi) is 3.15. The van der Waals surface area contributed by atoms with Crippen LogP contribution in [0.4, 0.5) is 13.2 Å². The Labute approximate surface area is 82.0 Å². The Morgan fingerprint density at radius 1 is 1.57 bits per heavy atom.